The molecule has 1 aliphatic heterocycles. The maximum absolute atomic E-state index is 12.4. The summed E-state index contributed by atoms with van der Waals surface area (Å²) in [7, 11) is 0. The number of benzene rings is 1. The van der Waals surface area contributed by atoms with Crippen LogP contribution in [0, 0.1) is 3.57 Å². The maximum Gasteiger partial charge on any atom is 0.254 e. The first kappa shape index (κ1) is 14.2. The van der Waals surface area contributed by atoms with Gasteiger partial charge in [-0.1, -0.05) is 6.07 Å². The Hall–Kier alpha value is -1.70. The van der Waals surface area contributed by atoms with Gasteiger partial charge in [-0.25, -0.2) is 0 Å². The number of ether oxygens (including phenoxy) is 1. The molecule has 1 unspecified atom stereocenters. The fourth-order valence-corrected chi connectivity index (χ4v) is 2.88. The fraction of sp³-hybridized carbons (Fsp3) is 0.267. The third-order valence-corrected chi connectivity index (χ3v) is 4.01. The van der Waals surface area contributed by atoms with Gasteiger partial charge in [-0.2, -0.15) is 5.10 Å². The van der Waals surface area contributed by atoms with E-state index in [1.54, 1.807) is 18.3 Å². The molecule has 2 heterocycles. The van der Waals surface area contributed by atoms with Crippen molar-refractivity contribution in [3.63, 3.8) is 0 Å². The van der Waals surface area contributed by atoms with Gasteiger partial charge in [0.2, 0.25) is 5.88 Å². The molecule has 5 nitrogen and oxygen atoms in total. The Kier molecular flexibility index (Phi) is 4.33. The standard InChI is InChI=1S/C15H14IN3O2/c16-12-4-1-3-11(9-12)15(20)19-8-6-13(10-19)21-14-5-2-7-17-18-14/h1-5,7,9,13H,6,8,10H2. The number of likely N-dealkylation sites (tertiary alicyclic amines) is 1. The molecule has 1 aliphatic rings. The Morgan fingerprint density at radius 3 is 3.00 bits per heavy atom. The van der Waals surface area contributed by atoms with Gasteiger partial charge in [0.1, 0.15) is 6.10 Å². The second-order valence-corrected chi connectivity index (χ2v) is 6.10. The van der Waals surface area contributed by atoms with Crippen molar-refractivity contribution in [2.45, 2.75) is 12.5 Å². The smallest absolute Gasteiger partial charge is 0.254 e. The van der Waals surface area contributed by atoms with Crippen LogP contribution in [-0.4, -0.2) is 40.2 Å². The van der Waals surface area contributed by atoms with Crippen molar-refractivity contribution < 1.29 is 9.53 Å². The fourth-order valence-electron chi connectivity index (χ4n) is 2.33. The molecule has 6 heteroatoms. The van der Waals surface area contributed by atoms with Crippen LogP contribution in [0.4, 0.5) is 0 Å². The summed E-state index contributed by atoms with van der Waals surface area (Å²) in [6, 6.07) is 11.2. The summed E-state index contributed by atoms with van der Waals surface area (Å²) in [5.41, 5.74) is 0.724. The number of hydrogen-bond donors (Lipinski definition) is 0. The maximum atomic E-state index is 12.4. The number of hydrogen-bond acceptors (Lipinski definition) is 4. The Balaban J connectivity index is 1.63. The van der Waals surface area contributed by atoms with E-state index in [2.05, 4.69) is 32.8 Å². The Morgan fingerprint density at radius 2 is 2.24 bits per heavy atom. The Bertz CT molecular complexity index is 636. The van der Waals surface area contributed by atoms with E-state index in [1.807, 2.05) is 29.2 Å². The van der Waals surface area contributed by atoms with E-state index in [4.69, 9.17) is 4.74 Å². The molecular weight excluding hydrogens is 381 g/mol. The second kappa shape index (κ2) is 6.38. The van der Waals surface area contributed by atoms with Crippen LogP contribution in [-0.2, 0) is 0 Å². The number of nitrogens with zero attached hydrogens (tertiary/aromatic N) is 3. The Labute approximate surface area is 136 Å². The summed E-state index contributed by atoms with van der Waals surface area (Å²) in [6.45, 7) is 1.29. The molecule has 1 amide bonds. The van der Waals surface area contributed by atoms with Crippen molar-refractivity contribution in [2.75, 3.05) is 13.1 Å². The summed E-state index contributed by atoms with van der Waals surface area (Å²) in [6.07, 6.45) is 2.40. The molecular formula is C15H14IN3O2. The molecule has 108 valence electrons. The zero-order chi connectivity index (χ0) is 14.7. The summed E-state index contributed by atoms with van der Waals surface area (Å²) in [4.78, 5) is 14.3. The van der Waals surface area contributed by atoms with Gasteiger partial charge in [-0.3, -0.25) is 4.79 Å². The van der Waals surface area contributed by atoms with Gasteiger partial charge in [-0.15, -0.1) is 5.10 Å². The van der Waals surface area contributed by atoms with Crippen LogP contribution in [0.3, 0.4) is 0 Å². The van der Waals surface area contributed by atoms with E-state index in [1.165, 1.54) is 0 Å². The zero-order valence-corrected chi connectivity index (χ0v) is 13.4. The molecule has 0 bridgehead atoms. The van der Waals surface area contributed by atoms with Crippen LogP contribution < -0.4 is 4.74 Å². The third kappa shape index (κ3) is 3.49. The van der Waals surface area contributed by atoms with Gasteiger partial charge >= 0.3 is 0 Å². The van der Waals surface area contributed by atoms with Crippen LogP contribution in [0.1, 0.15) is 16.8 Å². The number of halogens is 1. The van der Waals surface area contributed by atoms with E-state index in [-0.39, 0.29) is 12.0 Å². The van der Waals surface area contributed by atoms with Gasteiger partial charge in [0.15, 0.2) is 0 Å². The van der Waals surface area contributed by atoms with Crippen molar-refractivity contribution in [2.24, 2.45) is 0 Å². The van der Waals surface area contributed by atoms with Crippen LogP contribution in [0.15, 0.2) is 42.6 Å². The largest absolute Gasteiger partial charge is 0.471 e. The van der Waals surface area contributed by atoms with Gasteiger partial charge in [0.25, 0.3) is 5.91 Å². The molecule has 0 aliphatic carbocycles. The summed E-state index contributed by atoms with van der Waals surface area (Å²) >= 11 is 2.21. The average Bonchev–Trinajstić information content (AvgIpc) is 2.96. The second-order valence-electron chi connectivity index (χ2n) is 4.85. The topological polar surface area (TPSA) is 55.3 Å². The summed E-state index contributed by atoms with van der Waals surface area (Å²) in [5, 5.41) is 7.69. The van der Waals surface area contributed by atoms with Crippen LogP contribution in [0.2, 0.25) is 0 Å². The number of aromatic nitrogens is 2. The van der Waals surface area contributed by atoms with Crippen molar-refractivity contribution in [3.8, 4) is 5.88 Å². The summed E-state index contributed by atoms with van der Waals surface area (Å²) in [5.74, 6) is 0.560. The van der Waals surface area contributed by atoms with Gasteiger partial charge in [0, 0.05) is 34.4 Å². The molecule has 1 saturated heterocycles. The SMILES string of the molecule is O=C(c1cccc(I)c1)N1CCC(Oc2cccnn2)C1. The quantitative estimate of drug-likeness (QED) is 0.749. The molecule has 1 aromatic heterocycles. The van der Waals surface area contributed by atoms with Gasteiger partial charge in [-0.05, 0) is 46.9 Å². The van der Waals surface area contributed by atoms with E-state index < -0.39 is 0 Å². The van der Waals surface area contributed by atoms with Crippen LogP contribution in [0.25, 0.3) is 0 Å². The first-order chi connectivity index (χ1) is 10.2. The molecule has 0 spiro atoms. The van der Waals surface area contributed by atoms with E-state index in [9.17, 15) is 4.79 Å². The lowest BCUT2D eigenvalue weighted by Gasteiger charge is -2.17. The first-order valence-electron chi connectivity index (χ1n) is 6.71. The van der Waals surface area contributed by atoms with Crippen molar-refractivity contribution >= 4 is 28.5 Å². The van der Waals surface area contributed by atoms with Crippen molar-refractivity contribution in [1.82, 2.24) is 15.1 Å². The first-order valence-corrected chi connectivity index (χ1v) is 7.79. The predicted octanol–water partition coefficient (Wildman–Crippen LogP) is 2.37. The highest BCUT2D eigenvalue weighted by atomic mass is 127. The highest BCUT2D eigenvalue weighted by Gasteiger charge is 2.28. The average molecular weight is 395 g/mol. The molecule has 0 N–H and O–H groups in total. The monoisotopic (exact) mass is 395 g/mol. The molecule has 3 rings (SSSR count). The minimum atomic E-state index is -0.0200. The lowest BCUT2D eigenvalue weighted by atomic mass is 10.2. The number of carbonyl (C=O) groups is 1. The molecule has 1 atom stereocenters. The minimum Gasteiger partial charge on any atom is -0.471 e. The van der Waals surface area contributed by atoms with Crippen molar-refractivity contribution in [3.05, 3.63) is 51.7 Å². The van der Waals surface area contributed by atoms with E-state index in [0.717, 1.165) is 15.6 Å². The van der Waals surface area contributed by atoms with Gasteiger partial charge < -0.3 is 9.64 Å². The minimum absolute atomic E-state index is 0.0200. The molecule has 2 aromatic rings. The van der Waals surface area contributed by atoms with Gasteiger partial charge in [0.05, 0.1) is 6.54 Å². The number of rotatable bonds is 3. The van der Waals surface area contributed by atoms with Crippen LogP contribution in [0.5, 0.6) is 5.88 Å². The number of amides is 1. The summed E-state index contributed by atoms with van der Waals surface area (Å²) < 4.78 is 6.81. The lowest BCUT2D eigenvalue weighted by Crippen LogP contribution is -2.31. The van der Waals surface area contributed by atoms with Crippen LogP contribution >= 0.6 is 22.6 Å². The highest BCUT2D eigenvalue weighted by molar-refractivity contribution is 14.1. The number of carbonyl (C=O) groups excluding carboxylic acids is 1. The zero-order valence-electron chi connectivity index (χ0n) is 11.3. The molecule has 21 heavy (non-hydrogen) atoms. The molecule has 1 aromatic carbocycles. The van der Waals surface area contributed by atoms with E-state index in [0.29, 0.717) is 19.0 Å². The highest BCUT2D eigenvalue weighted by Crippen LogP contribution is 2.18. The molecule has 0 saturated carbocycles. The molecule has 1 fully saturated rings. The van der Waals surface area contributed by atoms with Crippen molar-refractivity contribution in [1.29, 1.82) is 0 Å². The molecule has 0 radical (unpaired) electrons. The predicted molar refractivity (Wildman–Crippen MR) is 86.1 cm³/mol. The normalized spacial score (nSPS) is 17.8. The Morgan fingerprint density at radius 1 is 1.33 bits per heavy atom. The van der Waals surface area contributed by atoms with E-state index >= 15 is 0 Å². The third-order valence-electron chi connectivity index (χ3n) is 3.34. The lowest BCUT2D eigenvalue weighted by molar-refractivity contribution is 0.0771.